The van der Waals surface area contributed by atoms with Gasteiger partial charge in [-0.1, -0.05) is 12.1 Å². The van der Waals surface area contributed by atoms with E-state index in [0.717, 1.165) is 6.07 Å². The Labute approximate surface area is 206 Å². The molecule has 0 radical (unpaired) electrons. The lowest BCUT2D eigenvalue weighted by Crippen LogP contribution is -2.18. The quantitative estimate of drug-likeness (QED) is 0.186. The highest BCUT2D eigenvalue weighted by Gasteiger charge is 2.20. The topological polar surface area (TPSA) is 146 Å². The monoisotopic (exact) mass is 493 g/mol. The summed E-state index contributed by atoms with van der Waals surface area (Å²) in [7, 11) is 4.17. The summed E-state index contributed by atoms with van der Waals surface area (Å²) in [4.78, 5) is 48.5. The fraction of sp³-hybridized carbons (Fsp3) is 0.160. The van der Waals surface area contributed by atoms with Gasteiger partial charge in [0, 0.05) is 17.8 Å². The Morgan fingerprint density at radius 2 is 1.44 bits per heavy atom. The van der Waals surface area contributed by atoms with Crippen molar-refractivity contribution in [2.24, 2.45) is 0 Å². The molecule has 186 valence electrons. The number of anilines is 2. The molecule has 0 spiro atoms. The second kappa shape index (κ2) is 11.5. The number of hydrogen-bond acceptors (Lipinski definition) is 8. The zero-order chi connectivity index (χ0) is 26.2. The Morgan fingerprint density at radius 1 is 0.806 bits per heavy atom. The molecule has 0 atom stereocenters. The summed E-state index contributed by atoms with van der Waals surface area (Å²) in [6.45, 7) is 0. The van der Waals surface area contributed by atoms with E-state index in [1.54, 1.807) is 24.3 Å². The van der Waals surface area contributed by atoms with E-state index in [2.05, 4.69) is 10.6 Å². The van der Waals surface area contributed by atoms with Gasteiger partial charge in [-0.3, -0.25) is 24.5 Å². The average Bonchev–Trinajstić information content (AvgIpc) is 2.88. The number of carbonyl (C=O) groups excluding carboxylic acids is 3. The van der Waals surface area contributed by atoms with Crippen molar-refractivity contribution in [1.29, 1.82) is 0 Å². The smallest absolute Gasteiger partial charge is 0.270 e. The minimum atomic E-state index is -0.663. The number of hydrogen-bond donors (Lipinski definition) is 2. The van der Waals surface area contributed by atoms with Gasteiger partial charge in [0.1, 0.15) is 17.2 Å². The number of nitrogens with zero attached hydrogens (tertiary/aromatic N) is 1. The summed E-state index contributed by atoms with van der Waals surface area (Å²) in [5.74, 6) is -0.910. The predicted octanol–water partition coefficient (Wildman–Crippen LogP) is 4.08. The van der Waals surface area contributed by atoms with Gasteiger partial charge < -0.3 is 24.8 Å². The first-order chi connectivity index (χ1) is 17.3. The maximum Gasteiger partial charge on any atom is 0.270 e. The molecule has 0 aliphatic carbocycles. The van der Waals surface area contributed by atoms with Crippen molar-refractivity contribution >= 4 is 34.7 Å². The third-order valence-corrected chi connectivity index (χ3v) is 5.10. The summed E-state index contributed by atoms with van der Waals surface area (Å²) in [6, 6.07) is 14.7. The number of amides is 2. The first-order valence-corrected chi connectivity index (χ1v) is 10.5. The van der Waals surface area contributed by atoms with Gasteiger partial charge in [0.05, 0.1) is 49.5 Å². The van der Waals surface area contributed by atoms with Crippen LogP contribution in [0.3, 0.4) is 0 Å². The molecule has 0 saturated carbocycles. The maximum absolute atomic E-state index is 12.8. The normalized spacial score (nSPS) is 10.2. The lowest BCUT2D eigenvalue weighted by molar-refractivity contribution is -0.384. The zero-order valence-corrected chi connectivity index (χ0v) is 19.7. The Balaban J connectivity index is 1.79. The Hall–Kier alpha value is -4.93. The Morgan fingerprint density at radius 3 is 2.11 bits per heavy atom. The summed E-state index contributed by atoms with van der Waals surface area (Å²) >= 11 is 0. The number of methoxy groups -OCH3 is 3. The molecular weight excluding hydrogens is 470 g/mol. The number of nitrogens with one attached hydrogen (secondary N) is 2. The lowest BCUT2D eigenvalue weighted by atomic mass is 10.1. The number of non-ortho nitro benzene ring substituents is 1. The first kappa shape index (κ1) is 25.7. The van der Waals surface area contributed by atoms with Crippen LogP contribution in [0.4, 0.5) is 17.1 Å². The van der Waals surface area contributed by atoms with Crippen molar-refractivity contribution in [3.05, 3.63) is 81.9 Å². The van der Waals surface area contributed by atoms with Crippen LogP contribution < -0.4 is 24.8 Å². The summed E-state index contributed by atoms with van der Waals surface area (Å²) in [6.07, 6.45) is -0.453. The van der Waals surface area contributed by atoms with Gasteiger partial charge in [-0.05, 0) is 36.4 Å². The molecule has 0 aliphatic heterocycles. The molecule has 36 heavy (non-hydrogen) atoms. The van der Waals surface area contributed by atoms with Crippen LogP contribution in [0.1, 0.15) is 27.1 Å². The minimum Gasteiger partial charge on any atom is -0.496 e. The molecule has 2 N–H and O–H groups in total. The summed E-state index contributed by atoms with van der Waals surface area (Å²) in [5.41, 5.74) is 0.424. The number of rotatable bonds is 10. The van der Waals surface area contributed by atoms with Crippen molar-refractivity contribution in [2.75, 3.05) is 32.0 Å². The first-order valence-electron chi connectivity index (χ1n) is 10.5. The van der Waals surface area contributed by atoms with Gasteiger partial charge in [0.2, 0.25) is 5.91 Å². The fourth-order valence-electron chi connectivity index (χ4n) is 3.38. The highest BCUT2D eigenvalue weighted by atomic mass is 16.6. The van der Waals surface area contributed by atoms with E-state index in [1.165, 1.54) is 51.7 Å². The van der Waals surface area contributed by atoms with Crippen LogP contribution in [-0.2, 0) is 4.79 Å². The molecule has 3 rings (SSSR count). The lowest BCUT2D eigenvalue weighted by Gasteiger charge is -2.14. The highest BCUT2D eigenvalue weighted by Crippen LogP contribution is 2.30. The largest absolute Gasteiger partial charge is 0.496 e. The van der Waals surface area contributed by atoms with Crippen LogP contribution in [0.2, 0.25) is 0 Å². The average molecular weight is 493 g/mol. The van der Waals surface area contributed by atoms with E-state index >= 15 is 0 Å². The SMILES string of the molecule is COc1ccc(NC(=O)c2cc([N+](=O)[O-])ccc2OC)cc1NC(=O)CC(=O)c1ccccc1OC. The van der Waals surface area contributed by atoms with E-state index in [0.29, 0.717) is 11.5 Å². The van der Waals surface area contributed by atoms with Crippen molar-refractivity contribution in [3.8, 4) is 17.2 Å². The van der Waals surface area contributed by atoms with Crippen molar-refractivity contribution in [1.82, 2.24) is 0 Å². The van der Waals surface area contributed by atoms with Gasteiger partial charge in [-0.2, -0.15) is 0 Å². The van der Waals surface area contributed by atoms with Crippen LogP contribution in [-0.4, -0.2) is 43.9 Å². The van der Waals surface area contributed by atoms with E-state index in [4.69, 9.17) is 14.2 Å². The van der Waals surface area contributed by atoms with Gasteiger partial charge in [-0.15, -0.1) is 0 Å². The van der Waals surface area contributed by atoms with Gasteiger partial charge in [0.25, 0.3) is 11.6 Å². The van der Waals surface area contributed by atoms with Crippen LogP contribution in [0, 0.1) is 10.1 Å². The van der Waals surface area contributed by atoms with Crippen LogP contribution >= 0.6 is 0 Å². The number of ether oxygens (including phenoxy) is 3. The van der Waals surface area contributed by atoms with E-state index in [9.17, 15) is 24.5 Å². The molecule has 11 nitrogen and oxygen atoms in total. The van der Waals surface area contributed by atoms with Gasteiger partial charge >= 0.3 is 0 Å². The molecule has 2 amide bonds. The number of para-hydroxylation sites is 1. The molecule has 3 aromatic rings. The van der Waals surface area contributed by atoms with Crippen LogP contribution in [0.25, 0.3) is 0 Å². The van der Waals surface area contributed by atoms with Crippen molar-refractivity contribution in [3.63, 3.8) is 0 Å². The number of Topliss-reactive ketones (excluding diaryl/α,β-unsaturated/α-hetero) is 1. The van der Waals surface area contributed by atoms with Gasteiger partial charge in [0.15, 0.2) is 5.78 Å². The van der Waals surface area contributed by atoms with Crippen molar-refractivity contribution < 1.29 is 33.5 Å². The van der Waals surface area contributed by atoms with Crippen LogP contribution in [0.5, 0.6) is 17.2 Å². The minimum absolute atomic E-state index is 0.0458. The fourth-order valence-corrected chi connectivity index (χ4v) is 3.38. The summed E-state index contributed by atoms with van der Waals surface area (Å²) < 4.78 is 15.6. The van der Waals surface area contributed by atoms with E-state index in [1.807, 2.05) is 0 Å². The molecule has 0 heterocycles. The molecule has 0 bridgehead atoms. The molecule has 0 aromatic heterocycles. The predicted molar refractivity (Wildman–Crippen MR) is 131 cm³/mol. The molecular formula is C25H23N3O8. The molecule has 11 heteroatoms. The molecule has 0 aliphatic rings. The van der Waals surface area contributed by atoms with E-state index in [-0.39, 0.29) is 33.9 Å². The summed E-state index contributed by atoms with van der Waals surface area (Å²) in [5, 5.41) is 16.3. The standard InChI is InChI=1S/C25H23N3O8/c1-34-21-7-5-4-6-17(21)20(29)14-24(30)27-19-12-15(8-10-23(19)36-3)26-25(31)18-13-16(28(32)33)9-11-22(18)35-2/h4-13H,14H2,1-3H3,(H,26,31)(H,27,30). The number of nitro benzene ring substituents is 1. The zero-order valence-electron chi connectivity index (χ0n) is 19.7. The number of benzene rings is 3. The second-order valence-corrected chi connectivity index (χ2v) is 7.36. The second-order valence-electron chi connectivity index (χ2n) is 7.36. The number of nitro groups is 1. The molecule has 0 fully saturated rings. The molecule has 0 saturated heterocycles. The third-order valence-electron chi connectivity index (χ3n) is 5.10. The van der Waals surface area contributed by atoms with Gasteiger partial charge in [-0.25, -0.2) is 0 Å². The van der Waals surface area contributed by atoms with Crippen LogP contribution in [0.15, 0.2) is 60.7 Å². The molecule has 0 unspecified atom stereocenters. The Kier molecular flexibility index (Phi) is 8.18. The van der Waals surface area contributed by atoms with Crippen molar-refractivity contribution in [2.45, 2.75) is 6.42 Å². The number of carbonyl (C=O) groups is 3. The third kappa shape index (κ3) is 5.95. The maximum atomic E-state index is 12.8. The highest BCUT2D eigenvalue weighted by molar-refractivity contribution is 6.12. The Bertz CT molecular complexity index is 1320. The molecule has 3 aromatic carbocycles. The van der Waals surface area contributed by atoms with E-state index < -0.39 is 28.9 Å². The number of ketones is 1.